The van der Waals surface area contributed by atoms with E-state index in [1.165, 1.54) is 0 Å². The number of pyridine rings is 1. The normalized spacial score (nSPS) is 11.2. The number of nitrogens with two attached hydrogens (primary N) is 1. The predicted octanol–water partition coefficient (Wildman–Crippen LogP) is 0.845. The smallest absolute Gasteiger partial charge is 0.227 e. The van der Waals surface area contributed by atoms with Crippen LogP contribution < -0.4 is 5.73 Å². The highest BCUT2D eigenvalue weighted by molar-refractivity contribution is 5.85. The molecule has 1 amide bonds. The number of amides is 1. The molecule has 0 unspecified atom stereocenters. The maximum Gasteiger partial charge on any atom is 0.227 e. The maximum atomic E-state index is 11.0. The average molecular weight is 164 g/mol. The molecule has 0 aliphatic carbocycles. The summed E-state index contributed by atoms with van der Waals surface area (Å²) >= 11 is 0. The summed E-state index contributed by atoms with van der Waals surface area (Å²) in [4.78, 5) is 14.9. The highest BCUT2D eigenvalue weighted by Gasteiger charge is 2.26. The van der Waals surface area contributed by atoms with Crippen molar-refractivity contribution in [2.45, 2.75) is 19.3 Å². The van der Waals surface area contributed by atoms with Crippen LogP contribution >= 0.6 is 0 Å². The number of aromatic nitrogens is 1. The highest BCUT2D eigenvalue weighted by Crippen LogP contribution is 2.20. The van der Waals surface area contributed by atoms with Gasteiger partial charge in [-0.2, -0.15) is 0 Å². The molecule has 1 aromatic rings. The number of carbonyl (C=O) groups is 1. The molecule has 3 nitrogen and oxygen atoms in total. The second-order valence-electron chi connectivity index (χ2n) is 3.23. The first-order valence-electron chi connectivity index (χ1n) is 3.75. The summed E-state index contributed by atoms with van der Waals surface area (Å²) in [7, 11) is 0. The Hall–Kier alpha value is -1.38. The van der Waals surface area contributed by atoms with Crippen LogP contribution in [0.5, 0.6) is 0 Å². The molecular weight excluding hydrogens is 152 g/mol. The third-order valence-electron chi connectivity index (χ3n) is 2.00. The van der Waals surface area contributed by atoms with E-state index in [9.17, 15) is 4.79 Å². The minimum absolute atomic E-state index is 0.337. The molecule has 64 valence electrons. The van der Waals surface area contributed by atoms with Gasteiger partial charge in [-0.25, -0.2) is 0 Å². The molecule has 1 rings (SSSR count). The molecular formula is C9H12N2O. The average Bonchev–Trinajstić information content (AvgIpc) is 2.06. The van der Waals surface area contributed by atoms with Gasteiger partial charge in [0.2, 0.25) is 5.91 Å². The van der Waals surface area contributed by atoms with Crippen molar-refractivity contribution in [3.63, 3.8) is 0 Å². The lowest BCUT2D eigenvalue weighted by Crippen LogP contribution is -2.35. The third kappa shape index (κ3) is 1.44. The summed E-state index contributed by atoms with van der Waals surface area (Å²) in [5, 5.41) is 0. The third-order valence-corrected chi connectivity index (χ3v) is 2.00. The van der Waals surface area contributed by atoms with Crippen LogP contribution in [0.1, 0.15) is 19.4 Å². The number of nitrogens with zero attached hydrogens (tertiary/aromatic N) is 1. The predicted molar refractivity (Wildman–Crippen MR) is 46.5 cm³/mol. The first kappa shape index (κ1) is 8.71. The number of carbonyl (C=O) groups excluding carboxylic acids is 1. The number of rotatable bonds is 2. The monoisotopic (exact) mass is 164 g/mol. The molecule has 0 saturated heterocycles. The van der Waals surface area contributed by atoms with Gasteiger partial charge in [-0.15, -0.1) is 0 Å². The maximum absolute atomic E-state index is 11.0. The van der Waals surface area contributed by atoms with Crippen molar-refractivity contribution >= 4 is 5.91 Å². The number of hydrogen-bond acceptors (Lipinski definition) is 2. The molecule has 0 aromatic carbocycles. The van der Waals surface area contributed by atoms with Crippen molar-refractivity contribution in [3.05, 3.63) is 30.1 Å². The molecule has 1 heterocycles. The Morgan fingerprint density at radius 2 is 2.25 bits per heavy atom. The van der Waals surface area contributed by atoms with Gasteiger partial charge in [-0.05, 0) is 25.5 Å². The molecule has 0 radical (unpaired) electrons. The van der Waals surface area contributed by atoms with Gasteiger partial charge in [0.25, 0.3) is 0 Å². The number of hydrogen-bond donors (Lipinski definition) is 1. The standard InChI is InChI=1S/C9H12N2O/c1-9(2,8(10)12)7-4-3-5-11-6-7/h3-6H,1-2H3,(H2,10,12). The largest absolute Gasteiger partial charge is 0.369 e. The summed E-state index contributed by atoms with van der Waals surface area (Å²) < 4.78 is 0. The quantitative estimate of drug-likeness (QED) is 0.704. The fourth-order valence-electron chi connectivity index (χ4n) is 0.875. The Kier molecular flexibility index (Phi) is 2.13. The second kappa shape index (κ2) is 2.93. The lowest BCUT2D eigenvalue weighted by molar-refractivity contribution is -0.122. The van der Waals surface area contributed by atoms with E-state index in [0.717, 1.165) is 5.56 Å². The highest BCUT2D eigenvalue weighted by atomic mass is 16.1. The molecule has 1 aromatic heterocycles. The van der Waals surface area contributed by atoms with Crippen LogP contribution in [0, 0.1) is 0 Å². The molecule has 0 spiro atoms. The summed E-state index contributed by atoms with van der Waals surface area (Å²) in [5.74, 6) is -0.337. The summed E-state index contributed by atoms with van der Waals surface area (Å²) in [6, 6.07) is 3.64. The van der Waals surface area contributed by atoms with Gasteiger partial charge in [0.1, 0.15) is 0 Å². The molecule has 12 heavy (non-hydrogen) atoms. The molecule has 2 N–H and O–H groups in total. The lowest BCUT2D eigenvalue weighted by Gasteiger charge is -2.19. The van der Waals surface area contributed by atoms with E-state index in [0.29, 0.717) is 0 Å². The van der Waals surface area contributed by atoms with E-state index in [-0.39, 0.29) is 5.91 Å². The molecule has 0 fully saturated rings. The fourth-order valence-corrected chi connectivity index (χ4v) is 0.875. The zero-order valence-electron chi connectivity index (χ0n) is 7.24. The van der Waals surface area contributed by atoms with Gasteiger partial charge in [0.05, 0.1) is 5.41 Å². The fraction of sp³-hybridized carbons (Fsp3) is 0.333. The van der Waals surface area contributed by atoms with Crippen molar-refractivity contribution in [1.82, 2.24) is 4.98 Å². The van der Waals surface area contributed by atoms with E-state index in [1.807, 2.05) is 6.07 Å². The van der Waals surface area contributed by atoms with Crippen LogP contribution in [0.25, 0.3) is 0 Å². The van der Waals surface area contributed by atoms with Gasteiger partial charge in [0, 0.05) is 12.4 Å². The topological polar surface area (TPSA) is 56.0 Å². The van der Waals surface area contributed by atoms with Gasteiger partial charge in [-0.1, -0.05) is 6.07 Å². The number of primary amides is 1. The van der Waals surface area contributed by atoms with E-state index in [4.69, 9.17) is 5.73 Å². The molecule has 3 heteroatoms. The van der Waals surface area contributed by atoms with Gasteiger partial charge in [-0.3, -0.25) is 9.78 Å². The molecule has 0 bridgehead atoms. The van der Waals surface area contributed by atoms with Crippen LogP contribution in [0.4, 0.5) is 0 Å². The first-order chi connectivity index (χ1) is 5.55. The SMILES string of the molecule is CC(C)(C(N)=O)c1cccnc1. The van der Waals surface area contributed by atoms with E-state index in [1.54, 1.807) is 32.3 Å². The van der Waals surface area contributed by atoms with Crippen LogP contribution in [0.3, 0.4) is 0 Å². The van der Waals surface area contributed by atoms with E-state index >= 15 is 0 Å². The zero-order chi connectivity index (χ0) is 9.19. The van der Waals surface area contributed by atoms with Crippen LogP contribution in [-0.2, 0) is 10.2 Å². The van der Waals surface area contributed by atoms with Crippen LogP contribution in [-0.4, -0.2) is 10.9 Å². The Morgan fingerprint density at radius 1 is 1.58 bits per heavy atom. The van der Waals surface area contributed by atoms with Gasteiger partial charge in [0.15, 0.2) is 0 Å². The van der Waals surface area contributed by atoms with E-state index in [2.05, 4.69) is 4.98 Å². The molecule has 0 atom stereocenters. The lowest BCUT2D eigenvalue weighted by atomic mass is 9.85. The van der Waals surface area contributed by atoms with Gasteiger partial charge < -0.3 is 5.73 Å². The summed E-state index contributed by atoms with van der Waals surface area (Å²) in [5.41, 5.74) is 5.45. The molecule has 0 aliphatic rings. The van der Waals surface area contributed by atoms with Crippen molar-refractivity contribution in [3.8, 4) is 0 Å². The first-order valence-corrected chi connectivity index (χ1v) is 3.75. The van der Waals surface area contributed by atoms with Crippen molar-refractivity contribution in [1.29, 1.82) is 0 Å². The van der Waals surface area contributed by atoms with Crippen LogP contribution in [0.2, 0.25) is 0 Å². The van der Waals surface area contributed by atoms with Crippen molar-refractivity contribution in [2.24, 2.45) is 5.73 Å². The summed E-state index contributed by atoms with van der Waals surface area (Å²) in [6.45, 7) is 3.57. The zero-order valence-corrected chi connectivity index (χ0v) is 7.24. The molecule has 0 saturated carbocycles. The van der Waals surface area contributed by atoms with Crippen molar-refractivity contribution < 1.29 is 4.79 Å². The Bertz CT molecular complexity index is 280. The van der Waals surface area contributed by atoms with Crippen LogP contribution in [0.15, 0.2) is 24.5 Å². The Morgan fingerprint density at radius 3 is 2.67 bits per heavy atom. The van der Waals surface area contributed by atoms with E-state index < -0.39 is 5.41 Å². The van der Waals surface area contributed by atoms with Gasteiger partial charge >= 0.3 is 0 Å². The molecule has 0 aliphatic heterocycles. The minimum Gasteiger partial charge on any atom is -0.369 e. The minimum atomic E-state index is -0.631. The summed E-state index contributed by atoms with van der Waals surface area (Å²) in [6.07, 6.45) is 3.32. The Labute approximate surface area is 71.6 Å². The Balaban J connectivity index is 3.06. The second-order valence-corrected chi connectivity index (χ2v) is 3.23. The van der Waals surface area contributed by atoms with Crippen molar-refractivity contribution in [2.75, 3.05) is 0 Å².